The number of carboxylic acid groups (broad SMARTS) is 1. The van der Waals surface area contributed by atoms with Crippen LogP contribution >= 0.6 is 0 Å². The first-order valence-electron chi connectivity index (χ1n) is 6.14. The SMILES string of the molecule is COc1cc([N+](=O)[O-])cc(C=NN=C(N)N)c1OC(C)C(=O)O. The van der Waals surface area contributed by atoms with E-state index in [4.69, 9.17) is 26.0 Å². The number of ether oxygens (including phenoxy) is 2. The molecule has 11 nitrogen and oxygen atoms in total. The van der Waals surface area contributed by atoms with Crippen molar-refractivity contribution in [3.05, 3.63) is 27.8 Å². The number of nitro benzene ring substituents is 1. The Bertz CT molecular complexity index is 668. The summed E-state index contributed by atoms with van der Waals surface area (Å²) >= 11 is 0. The number of carboxylic acids is 1. The lowest BCUT2D eigenvalue weighted by Gasteiger charge is -2.15. The summed E-state index contributed by atoms with van der Waals surface area (Å²) in [7, 11) is 1.26. The first kappa shape index (κ1) is 17.7. The molecule has 0 aliphatic rings. The van der Waals surface area contributed by atoms with E-state index in [0.717, 1.165) is 18.3 Å². The van der Waals surface area contributed by atoms with Crippen LogP contribution in [0.15, 0.2) is 22.3 Å². The lowest BCUT2D eigenvalue weighted by molar-refractivity contribution is -0.385. The number of nitrogens with zero attached hydrogens (tertiary/aromatic N) is 3. The van der Waals surface area contributed by atoms with Crippen molar-refractivity contribution in [1.29, 1.82) is 0 Å². The average Bonchev–Trinajstić information content (AvgIpc) is 2.47. The molecule has 0 spiro atoms. The maximum atomic E-state index is 10.9. The number of hydrogen-bond donors (Lipinski definition) is 3. The van der Waals surface area contributed by atoms with Gasteiger partial charge in [0.1, 0.15) is 0 Å². The van der Waals surface area contributed by atoms with Gasteiger partial charge in [0.05, 0.1) is 24.3 Å². The van der Waals surface area contributed by atoms with Gasteiger partial charge >= 0.3 is 5.97 Å². The molecule has 0 fully saturated rings. The summed E-state index contributed by atoms with van der Waals surface area (Å²) in [6, 6.07) is 2.22. The molecule has 1 aromatic carbocycles. The van der Waals surface area contributed by atoms with E-state index in [9.17, 15) is 14.9 Å². The van der Waals surface area contributed by atoms with Crippen molar-refractivity contribution >= 4 is 23.8 Å². The van der Waals surface area contributed by atoms with E-state index in [1.807, 2.05) is 0 Å². The van der Waals surface area contributed by atoms with Gasteiger partial charge in [-0.1, -0.05) is 0 Å². The second kappa shape index (κ2) is 7.59. The zero-order chi connectivity index (χ0) is 17.6. The van der Waals surface area contributed by atoms with E-state index in [1.165, 1.54) is 14.0 Å². The van der Waals surface area contributed by atoms with Crippen molar-refractivity contribution in [2.24, 2.45) is 21.7 Å². The minimum atomic E-state index is -1.22. The molecule has 1 unspecified atom stereocenters. The number of benzene rings is 1. The largest absolute Gasteiger partial charge is 0.493 e. The second-order valence-corrected chi connectivity index (χ2v) is 4.19. The lowest BCUT2D eigenvalue weighted by Crippen LogP contribution is -2.23. The quantitative estimate of drug-likeness (QED) is 0.273. The second-order valence-electron chi connectivity index (χ2n) is 4.19. The summed E-state index contributed by atoms with van der Waals surface area (Å²) in [5.74, 6) is -1.61. The number of nitrogens with two attached hydrogens (primary N) is 2. The molecule has 0 saturated heterocycles. The standard InChI is InChI=1S/C12H15N5O6/c1-6(11(18)19)23-10-7(5-15-16-12(13)14)3-8(17(20)21)4-9(10)22-2/h3-6H,1-2H3,(H,18,19)(H4,13,14,16). The van der Waals surface area contributed by atoms with Gasteiger partial charge in [0.25, 0.3) is 5.69 Å². The summed E-state index contributed by atoms with van der Waals surface area (Å²) in [4.78, 5) is 21.2. The van der Waals surface area contributed by atoms with Crippen LogP contribution in [-0.4, -0.2) is 41.4 Å². The van der Waals surface area contributed by atoms with Gasteiger partial charge in [-0.05, 0) is 6.92 Å². The van der Waals surface area contributed by atoms with Crippen molar-refractivity contribution in [2.45, 2.75) is 13.0 Å². The Hall–Kier alpha value is -3.37. The highest BCUT2D eigenvalue weighted by atomic mass is 16.6. The van der Waals surface area contributed by atoms with Crippen LogP contribution in [0.3, 0.4) is 0 Å². The predicted molar refractivity (Wildman–Crippen MR) is 80.8 cm³/mol. The number of rotatable bonds is 7. The van der Waals surface area contributed by atoms with Crippen molar-refractivity contribution in [3.63, 3.8) is 0 Å². The summed E-state index contributed by atoms with van der Waals surface area (Å²) in [6.07, 6.45) is -0.139. The molecule has 1 aromatic rings. The summed E-state index contributed by atoms with van der Waals surface area (Å²) in [5, 5.41) is 26.8. The third-order valence-corrected chi connectivity index (χ3v) is 2.51. The van der Waals surface area contributed by atoms with Crippen LogP contribution in [0.2, 0.25) is 0 Å². The monoisotopic (exact) mass is 325 g/mol. The van der Waals surface area contributed by atoms with Crippen molar-refractivity contribution in [3.8, 4) is 11.5 Å². The van der Waals surface area contributed by atoms with Crippen LogP contribution in [0.4, 0.5) is 5.69 Å². The molecule has 0 saturated carbocycles. The van der Waals surface area contributed by atoms with Crippen LogP contribution in [0.1, 0.15) is 12.5 Å². The first-order chi connectivity index (χ1) is 10.8. The fourth-order valence-corrected chi connectivity index (χ4v) is 1.47. The molecular weight excluding hydrogens is 310 g/mol. The van der Waals surface area contributed by atoms with Gasteiger partial charge in [-0.25, -0.2) is 4.79 Å². The van der Waals surface area contributed by atoms with E-state index in [-0.39, 0.29) is 28.7 Å². The molecule has 124 valence electrons. The molecule has 0 bridgehead atoms. The van der Waals surface area contributed by atoms with Crippen LogP contribution in [-0.2, 0) is 4.79 Å². The molecule has 0 aromatic heterocycles. The maximum absolute atomic E-state index is 10.9. The molecule has 5 N–H and O–H groups in total. The first-order valence-corrected chi connectivity index (χ1v) is 6.14. The highest BCUT2D eigenvalue weighted by Gasteiger charge is 2.22. The summed E-state index contributed by atoms with van der Waals surface area (Å²) < 4.78 is 10.3. The van der Waals surface area contributed by atoms with Gasteiger partial charge in [0.2, 0.25) is 5.96 Å². The Kier molecular flexibility index (Phi) is 5.83. The molecule has 0 amide bonds. The summed E-state index contributed by atoms with van der Waals surface area (Å²) in [6.45, 7) is 1.29. The van der Waals surface area contributed by atoms with Crippen LogP contribution < -0.4 is 20.9 Å². The number of guanidine groups is 1. The molecule has 0 aliphatic heterocycles. The average molecular weight is 325 g/mol. The van der Waals surface area contributed by atoms with Gasteiger partial charge in [0, 0.05) is 11.6 Å². The van der Waals surface area contributed by atoms with Crippen molar-refractivity contribution in [1.82, 2.24) is 0 Å². The topological polar surface area (TPSA) is 176 Å². The Morgan fingerprint density at radius 1 is 1.48 bits per heavy atom. The highest BCUT2D eigenvalue weighted by molar-refractivity contribution is 5.87. The molecule has 0 aliphatic carbocycles. The van der Waals surface area contributed by atoms with Gasteiger partial charge in [-0.15, -0.1) is 5.10 Å². The van der Waals surface area contributed by atoms with E-state index in [0.29, 0.717) is 0 Å². The molecule has 0 radical (unpaired) electrons. The highest BCUT2D eigenvalue weighted by Crippen LogP contribution is 2.35. The number of nitro groups is 1. The fraction of sp³-hybridized carbons (Fsp3) is 0.250. The smallest absolute Gasteiger partial charge is 0.344 e. The third kappa shape index (κ3) is 4.84. The maximum Gasteiger partial charge on any atom is 0.344 e. The van der Waals surface area contributed by atoms with E-state index in [2.05, 4.69) is 10.2 Å². The van der Waals surface area contributed by atoms with Crippen LogP contribution in [0.5, 0.6) is 11.5 Å². The molecule has 1 rings (SSSR count). The molecule has 23 heavy (non-hydrogen) atoms. The number of non-ortho nitro benzene ring substituents is 1. The minimum Gasteiger partial charge on any atom is -0.493 e. The zero-order valence-corrected chi connectivity index (χ0v) is 12.3. The van der Waals surface area contributed by atoms with Crippen molar-refractivity contribution < 1.29 is 24.3 Å². The van der Waals surface area contributed by atoms with Crippen LogP contribution in [0, 0.1) is 10.1 Å². The lowest BCUT2D eigenvalue weighted by atomic mass is 10.1. The number of aliphatic carboxylic acids is 1. The Labute approximate surface area is 130 Å². The van der Waals surface area contributed by atoms with E-state index in [1.54, 1.807) is 0 Å². The molecule has 0 heterocycles. The van der Waals surface area contributed by atoms with Crippen molar-refractivity contribution in [2.75, 3.05) is 7.11 Å². The number of methoxy groups -OCH3 is 1. The Morgan fingerprint density at radius 3 is 2.61 bits per heavy atom. The van der Waals surface area contributed by atoms with E-state index >= 15 is 0 Å². The predicted octanol–water partition coefficient (Wildman–Crippen LogP) is 0.0626. The molecular formula is C12H15N5O6. The van der Waals surface area contributed by atoms with Gasteiger partial charge in [-0.2, -0.15) is 5.10 Å². The van der Waals surface area contributed by atoms with Gasteiger partial charge < -0.3 is 26.0 Å². The Morgan fingerprint density at radius 2 is 2.13 bits per heavy atom. The van der Waals surface area contributed by atoms with Gasteiger partial charge in [0.15, 0.2) is 17.6 Å². The van der Waals surface area contributed by atoms with E-state index < -0.39 is 17.0 Å². The number of carbonyl (C=O) groups is 1. The fourth-order valence-electron chi connectivity index (χ4n) is 1.47. The number of hydrogen-bond acceptors (Lipinski definition) is 7. The minimum absolute atomic E-state index is 0.0292. The summed E-state index contributed by atoms with van der Waals surface area (Å²) in [5.41, 5.74) is 10.0. The van der Waals surface area contributed by atoms with Crippen LogP contribution in [0.25, 0.3) is 0 Å². The Balaban J connectivity index is 3.42. The van der Waals surface area contributed by atoms with Gasteiger partial charge in [-0.3, -0.25) is 10.1 Å². The zero-order valence-electron chi connectivity index (χ0n) is 12.3. The normalized spacial score (nSPS) is 11.7. The third-order valence-electron chi connectivity index (χ3n) is 2.51. The molecule has 11 heteroatoms. The molecule has 1 atom stereocenters.